The summed E-state index contributed by atoms with van der Waals surface area (Å²) in [7, 11) is 0. The number of nitrogens with zero attached hydrogens (tertiary/aromatic N) is 2. The van der Waals surface area contributed by atoms with Gasteiger partial charge in [0.15, 0.2) is 0 Å². The third-order valence-electron chi connectivity index (χ3n) is 3.02. The maximum atomic E-state index is 5.96. The van der Waals surface area contributed by atoms with Crippen LogP contribution in [0.3, 0.4) is 0 Å². The number of rotatable bonds is 6. The van der Waals surface area contributed by atoms with E-state index < -0.39 is 0 Å². The summed E-state index contributed by atoms with van der Waals surface area (Å²) in [5.74, 6) is 1.25. The van der Waals surface area contributed by atoms with Crippen LogP contribution in [0.1, 0.15) is 37.5 Å². The standard InChI is InChI=1S/C16H21N3O/c1-4-10-17-16-18-11-12(2)15(19-16)20-13(3)14-8-6-5-7-9-14/h5-9,11,13H,4,10H2,1-3H3,(H,17,18,19). The predicted molar refractivity (Wildman–Crippen MR) is 81.0 cm³/mol. The van der Waals surface area contributed by atoms with Gasteiger partial charge < -0.3 is 10.1 Å². The van der Waals surface area contributed by atoms with Crippen molar-refractivity contribution in [2.45, 2.75) is 33.3 Å². The SMILES string of the molecule is CCCNc1ncc(C)c(OC(C)c2ccccc2)n1. The first-order valence-corrected chi connectivity index (χ1v) is 6.99. The zero-order chi connectivity index (χ0) is 14.4. The highest BCUT2D eigenvalue weighted by Crippen LogP contribution is 2.23. The first-order chi connectivity index (χ1) is 9.70. The van der Waals surface area contributed by atoms with Crippen molar-refractivity contribution < 1.29 is 4.74 Å². The molecule has 0 aliphatic heterocycles. The summed E-state index contributed by atoms with van der Waals surface area (Å²) in [5.41, 5.74) is 2.07. The molecule has 0 saturated carbocycles. The quantitative estimate of drug-likeness (QED) is 0.869. The lowest BCUT2D eigenvalue weighted by atomic mass is 10.1. The molecule has 0 spiro atoms. The van der Waals surface area contributed by atoms with Crippen LogP contribution < -0.4 is 10.1 Å². The zero-order valence-corrected chi connectivity index (χ0v) is 12.3. The van der Waals surface area contributed by atoms with Gasteiger partial charge in [-0.15, -0.1) is 0 Å². The fraction of sp³-hybridized carbons (Fsp3) is 0.375. The highest BCUT2D eigenvalue weighted by Gasteiger charge is 2.11. The van der Waals surface area contributed by atoms with Crippen molar-refractivity contribution in [1.29, 1.82) is 0 Å². The van der Waals surface area contributed by atoms with E-state index in [9.17, 15) is 0 Å². The van der Waals surface area contributed by atoms with Crippen molar-refractivity contribution in [3.05, 3.63) is 47.7 Å². The molecule has 0 saturated heterocycles. The number of ether oxygens (including phenoxy) is 1. The summed E-state index contributed by atoms with van der Waals surface area (Å²) in [6.45, 7) is 6.94. The third-order valence-corrected chi connectivity index (χ3v) is 3.02. The van der Waals surface area contributed by atoms with Crippen molar-refractivity contribution in [2.75, 3.05) is 11.9 Å². The molecule has 0 aliphatic rings. The average Bonchev–Trinajstić information content (AvgIpc) is 2.49. The van der Waals surface area contributed by atoms with Crippen LogP contribution in [0.4, 0.5) is 5.95 Å². The Kier molecular flexibility index (Phi) is 4.93. The topological polar surface area (TPSA) is 47.0 Å². The first kappa shape index (κ1) is 14.3. The van der Waals surface area contributed by atoms with E-state index in [2.05, 4.69) is 34.3 Å². The largest absolute Gasteiger partial charge is 0.469 e. The zero-order valence-electron chi connectivity index (χ0n) is 12.3. The average molecular weight is 271 g/mol. The number of anilines is 1. The molecule has 0 fully saturated rings. The molecule has 4 nitrogen and oxygen atoms in total. The van der Waals surface area contributed by atoms with Gasteiger partial charge in [0.1, 0.15) is 6.10 Å². The van der Waals surface area contributed by atoms with Crippen LogP contribution in [0.15, 0.2) is 36.5 Å². The second-order valence-corrected chi connectivity index (χ2v) is 4.78. The molecule has 106 valence electrons. The number of aromatic nitrogens is 2. The minimum absolute atomic E-state index is 0.0381. The lowest BCUT2D eigenvalue weighted by molar-refractivity contribution is 0.215. The number of aryl methyl sites for hydroxylation is 1. The molecule has 1 aromatic carbocycles. The molecule has 2 rings (SSSR count). The van der Waals surface area contributed by atoms with E-state index in [1.165, 1.54) is 0 Å². The van der Waals surface area contributed by atoms with Crippen LogP contribution in [-0.4, -0.2) is 16.5 Å². The molecular formula is C16H21N3O. The maximum Gasteiger partial charge on any atom is 0.225 e. The molecule has 2 aromatic rings. The monoisotopic (exact) mass is 271 g/mol. The van der Waals surface area contributed by atoms with Gasteiger partial charge in [0.2, 0.25) is 11.8 Å². The Morgan fingerprint density at radius 3 is 2.70 bits per heavy atom. The number of benzene rings is 1. The summed E-state index contributed by atoms with van der Waals surface area (Å²) >= 11 is 0. The summed E-state index contributed by atoms with van der Waals surface area (Å²) in [4.78, 5) is 8.69. The van der Waals surface area contributed by atoms with Gasteiger partial charge in [-0.25, -0.2) is 4.98 Å². The Morgan fingerprint density at radius 2 is 2.00 bits per heavy atom. The molecule has 1 unspecified atom stereocenters. The molecule has 1 N–H and O–H groups in total. The van der Waals surface area contributed by atoms with E-state index >= 15 is 0 Å². The van der Waals surface area contributed by atoms with E-state index in [0.717, 1.165) is 24.1 Å². The lowest BCUT2D eigenvalue weighted by Gasteiger charge is -2.16. The number of hydrogen-bond acceptors (Lipinski definition) is 4. The Balaban J connectivity index is 2.11. The Morgan fingerprint density at radius 1 is 1.25 bits per heavy atom. The summed E-state index contributed by atoms with van der Waals surface area (Å²) < 4.78 is 5.96. The predicted octanol–water partition coefficient (Wildman–Crippen LogP) is 3.75. The lowest BCUT2D eigenvalue weighted by Crippen LogP contribution is -2.09. The molecule has 20 heavy (non-hydrogen) atoms. The summed E-state index contributed by atoms with van der Waals surface area (Å²) in [6.07, 6.45) is 2.79. The van der Waals surface area contributed by atoms with Crippen molar-refractivity contribution >= 4 is 5.95 Å². The number of nitrogens with one attached hydrogen (secondary N) is 1. The van der Waals surface area contributed by atoms with Crippen LogP contribution in [0.2, 0.25) is 0 Å². The van der Waals surface area contributed by atoms with Gasteiger partial charge in [0.25, 0.3) is 0 Å². The minimum atomic E-state index is -0.0381. The van der Waals surface area contributed by atoms with Crippen LogP contribution >= 0.6 is 0 Å². The van der Waals surface area contributed by atoms with Crippen LogP contribution in [0.25, 0.3) is 0 Å². The van der Waals surface area contributed by atoms with Crippen LogP contribution in [-0.2, 0) is 0 Å². The molecule has 0 bridgehead atoms. The van der Waals surface area contributed by atoms with Crippen LogP contribution in [0.5, 0.6) is 5.88 Å². The van der Waals surface area contributed by atoms with Gasteiger partial charge in [-0.3, -0.25) is 0 Å². The smallest absolute Gasteiger partial charge is 0.225 e. The van der Waals surface area contributed by atoms with Crippen molar-refractivity contribution in [3.63, 3.8) is 0 Å². The normalized spacial score (nSPS) is 11.9. The van der Waals surface area contributed by atoms with E-state index in [-0.39, 0.29) is 6.10 Å². The first-order valence-electron chi connectivity index (χ1n) is 6.99. The van der Waals surface area contributed by atoms with Gasteiger partial charge in [0, 0.05) is 18.3 Å². The Bertz CT molecular complexity index is 543. The third kappa shape index (κ3) is 3.70. The molecule has 0 amide bonds. The highest BCUT2D eigenvalue weighted by atomic mass is 16.5. The fourth-order valence-corrected chi connectivity index (χ4v) is 1.83. The van der Waals surface area contributed by atoms with Gasteiger partial charge in [0.05, 0.1) is 0 Å². The van der Waals surface area contributed by atoms with Gasteiger partial charge in [-0.1, -0.05) is 37.3 Å². The highest BCUT2D eigenvalue weighted by molar-refractivity contribution is 5.33. The van der Waals surface area contributed by atoms with Crippen molar-refractivity contribution in [3.8, 4) is 5.88 Å². The summed E-state index contributed by atoms with van der Waals surface area (Å²) in [6, 6.07) is 10.1. The summed E-state index contributed by atoms with van der Waals surface area (Å²) in [5, 5.41) is 3.17. The molecule has 0 aliphatic carbocycles. The van der Waals surface area contributed by atoms with E-state index in [0.29, 0.717) is 11.8 Å². The molecule has 1 atom stereocenters. The van der Waals surface area contributed by atoms with Gasteiger partial charge in [-0.05, 0) is 25.8 Å². The molecular weight excluding hydrogens is 250 g/mol. The van der Waals surface area contributed by atoms with Crippen LogP contribution in [0, 0.1) is 6.92 Å². The maximum absolute atomic E-state index is 5.96. The Labute approximate surface area is 120 Å². The van der Waals surface area contributed by atoms with Gasteiger partial charge in [-0.2, -0.15) is 4.98 Å². The second kappa shape index (κ2) is 6.89. The van der Waals surface area contributed by atoms with E-state index in [4.69, 9.17) is 4.74 Å². The molecule has 1 aromatic heterocycles. The number of hydrogen-bond donors (Lipinski definition) is 1. The molecule has 1 heterocycles. The van der Waals surface area contributed by atoms with Crippen molar-refractivity contribution in [2.24, 2.45) is 0 Å². The van der Waals surface area contributed by atoms with E-state index in [1.54, 1.807) is 6.20 Å². The fourth-order valence-electron chi connectivity index (χ4n) is 1.83. The Hall–Kier alpha value is -2.10. The van der Waals surface area contributed by atoms with Gasteiger partial charge >= 0.3 is 0 Å². The molecule has 4 heteroatoms. The van der Waals surface area contributed by atoms with Crippen molar-refractivity contribution in [1.82, 2.24) is 9.97 Å². The molecule has 0 radical (unpaired) electrons. The second-order valence-electron chi connectivity index (χ2n) is 4.78. The minimum Gasteiger partial charge on any atom is -0.469 e. The van der Waals surface area contributed by atoms with E-state index in [1.807, 2.05) is 32.0 Å².